The largest absolute Gasteiger partial charge is 0.353 e. The normalized spacial score (nSPS) is 21.0. The number of unbranched alkanes of at least 4 members (excludes halogenated alkanes) is 1. The smallest absolute Gasteiger partial charge is 0.220 e. The predicted molar refractivity (Wildman–Crippen MR) is 83.5 cm³/mol. The molecule has 2 rings (SSSR count). The van der Waals surface area contributed by atoms with Gasteiger partial charge in [0.1, 0.15) is 11.6 Å². The summed E-state index contributed by atoms with van der Waals surface area (Å²) in [5, 5.41) is 3.09. The molecule has 1 aliphatic rings. The van der Waals surface area contributed by atoms with Crippen molar-refractivity contribution in [1.29, 1.82) is 0 Å². The minimum atomic E-state index is -0.466. The van der Waals surface area contributed by atoms with Gasteiger partial charge in [0.25, 0.3) is 0 Å². The summed E-state index contributed by atoms with van der Waals surface area (Å²) in [4.78, 5) is 12.1. The van der Waals surface area contributed by atoms with Crippen LogP contribution in [-0.2, 0) is 11.2 Å². The fourth-order valence-electron chi connectivity index (χ4n) is 3.30. The van der Waals surface area contributed by atoms with Gasteiger partial charge >= 0.3 is 0 Å². The van der Waals surface area contributed by atoms with Crippen LogP contribution in [0.2, 0.25) is 0 Å². The first-order valence-electron chi connectivity index (χ1n) is 8.33. The minimum Gasteiger partial charge on any atom is -0.353 e. The number of nitrogens with one attached hydrogen (secondary N) is 1. The van der Waals surface area contributed by atoms with Crippen LogP contribution in [0.5, 0.6) is 0 Å². The maximum Gasteiger partial charge on any atom is 0.220 e. The molecule has 2 atom stereocenters. The van der Waals surface area contributed by atoms with Gasteiger partial charge < -0.3 is 5.32 Å². The van der Waals surface area contributed by atoms with E-state index in [9.17, 15) is 13.6 Å². The van der Waals surface area contributed by atoms with E-state index in [1.54, 1.807) is 0 Å². The van der Waals surface area contributed by atoms with Crippen LogP contribution < -0.4 is 5.32 Å². The van der Waals surface area contributed by atoms with Gasteiger partial charge in [0.2, 0.25) is 5.91 Å². The second kappa shape index (κ2) is 8.25. The fraction of sp³-hybridized carbons (Fsp3) is 0.611. The highest BCUT2D eigenvalue weighted by Crippen LogP contribution is 2.30. The summed E-state index contributed by atoms with van der Waals surface area (Å²) in [6.45, 7) is 2.18. The Kier molecular flexibility index (Phi) is 6.34. The maximum absolute atomic E-state index is 13.5. The second-order valence-corrected chi connectivity index (χ2v) is 6.24. The summed E-state index contributed by atoms with van der Waals surface area (Å²) < 4.78 is 26.6. The first-order valence-corrected chi connectivity index (χ1v) is 8.33. The summed E-state index contributed by atoms with van der Waals surface area (Å²) in [5.41, 5.74) is 0.268. The van der Waals surface area contributed by atoms with Crippen molar-refractivity contribution >= 4 is 5.91 Å². The third-order valence-electron chi connectivity index (χ3n) is 4.56. The highest BCUT2D eigenvalue weighted by atomic mass is 19.1. The highest BCUT2D eigenvalue weighted by molar-refractivity contribution is 5.76. The average molecular weight is 309 g/mol. The van der Waals surface area contributed by atoms with Crippen molar-refractivity contribution < 1.29 is 13.6 Å². The molecule has 1 aromatic carbocycles. The van der Waals surface area contributed by atoms with E-state index in [-0.39, 0.29) is 30.4 Å². The number of rotatable bonds is 7. The standard InChI is InChI=1S/C18H25F2NO/c1-2-3-5-13-6-4-7-17(13)21-18(22)11-8-14-12-15(19)9-10-16(14)20/h9-10,12-13,17H,2-8,11H2,1H3,(H,21,22). The summed E-state index contributed by atoms with van der Waals surface area (Å²) >= 11 is 0. The fourth-order valence-corrected chi connectivity index (χ4v) is 3.30. The van der Waals surface area contributed by atoms with Gasteiger partial charge in [-0.05, 0) is 55.4 Å². The number of hydrogen-bond donors (Lipinski definition) is 1. The van der Waals surface area contributed by atoms with Crippen molar-refractivity contribution in [3.8, 4) is 0 Å². The quantitative estimate of drug-likeness (QED) is 0.796. The van der Waals surface area contributed by atoms with Crippen molar-refractivity contribution in [2.24, 2.45) is 5.92 Å². The molecule has 0 bridgehead atoms. The zero-order valence-corrected chi connectivity index (χ0v) is 13.2. The Labute approximate surface area is 131 Å². The van der Waals surface area contributed by atoms with Gasteiger partial charge in [-0.2, -0.15) is 0 Å². The molecule has 1 fully saturated rings. The monoisotopic (exact) mass is 309 g/mol. The van der Waals surface area contributed by atoms with E-state index >= 15 is 0 Å². The molecule has 2 unspecified atom stereocenters. The van der Waals surface area contributed by atoms with E-state index < -0.39 is 11.6 Å². The number of aryl methyl sites for hydroxylation is 1. The van der Waals surface area contributed by atoms with Crippen molar-refractivity contribution in [3.05, 3.63) is 35.4 Å². The molecule has 1 aromatic rings. The van der Waals surface area contributed by atoms with E-state index in [0.29, 0.717) is 5.92 Å². The Morgan fingerprint density at radius 1 is 1.32 bits per heavy atom. The van der Waals surface area contributed by atoms with Gasteiger partial charge in [-0.25, -0.2) is 8.78 Å². The van der Waals surface area contributed by atoms with Crippen LogP contribution in [0, 0.1) is 17.6 Å². The molecule has 4 heteroatoms. The van der Waals surface area contributed by atoms with E-state index in [0.717, 1.165) is 25.0 Å². The molecular weight excluding hydrogens is 284 g/mol. The lowest BCUT2D eigenvalue weighted by Gasteiger charge is -2.21. The lowest BCUT2D eigenvalue weighted by Crippen LogP contribution is -2.37. The molecule has 0 aromatic heterocycles. The highest BCUT2D eigenvalue weighted by Gasteiger charge is 2.27. The predicted octanol–water partition coefficient (Wildman–Crippen LogP) is 4.37. The van der Waals surface area contributed by atoms with Crippen molar-refractivity contribution in [2.45, 2.75) is 64.3 Å². The van der Waals surface area contributed by atoms with Crippen molar-refractivity contribution in [1.82, 2.24) is 5.32 Å². The van der Waals surface area contributed by atoms with Gasteiger partial charge in [-0.3, -0.25) is 4.79 Å². The van der Waals surface area contributed by atoms with Crippen LogP contribution in [0.4, 0.5) is 8.78 Å². The Bertz CT molecular complexity index is 504. The van der Waals surface area contributed by atoms with Crippen LogP contribution in [0.25, 0.3) is 0 Å². The van der Waals surface area contributed by atoms with Crippen molar-refractivity contribution in [2.75, 3.05) is 0 Å². The molecule has 1 N–H and O–H groups in total. The molecular formula is C18H25F2NO. The van der Waals surface area contributed by atoms with E-state index in [2.05, 4.69) is 12.2 Å². The zero-order chi connectivity index (χ0) is 15.9. The van der Waals surface area contributed by atoms with Gasteiger partial charge in [0.05, 0.1) is 0 Å². The molecule has 0 radical (unpaired) electrons. The number of hydrogen-bond acceptors (Lipinski definition) is 1. The first-order chi connectivity index (χ1) is 10.6. The van der Waals surface area contributed by atoms with Gasteiger partial charge in [0.15, 0.2) is 0 Å². The molecule has 1 amide bonds. The molecule has 122 valence electrons. The van der Waals surface area contributed by atoms with E-state index in [4.69, 9.17) is 0 Å². The molecule has 2 nitrogen and oxygen atoms in total. The van der Waals surface area contributed by atoms with Gasteiger partial charge in [-0.15, -0.1) is 0 Å². The number of carbonyl (C=O) groups excluding carboxylic acids is 1. The molecule has 0 spiro atoms. The van der Waals surface area contributed by atoms with Crippen molar-refractivity contribution in [3.63, 3.8) is 0 Å². The summed E-state index contributed by atoms with van der Waals surface area (Å²) in [5.74, 6) is -0.394. The topological polar surface area (TPSA) is 29.1 Å². The lowest BCUT2D eigenvalue weighted by molar-refractivity contribution is -0.122. The molecule has 1 aliphatic carbocycles. The lowest BCUT2D eigenvalue weighted by atomic mass is 9.96. The minimum absolute atomic E-state index is 0.0583. The Balaban J connectivity index is 1.81. The van der Waals surface area contributed by atoms with Crippen LogP contribution in [-0.4, -0.2) is 11.9 Å². The Morgan fingerprint density at radius 2 is 2.14 bits per heavy atom. The van der Waals surface area contributed by atoms with Crippen LogP contribution in [0.15, 0.2) is 18.2 Å². The van der Waals surface area contributed by atoms with Crippen LogP contribution in [0.1, 0.15) is 57.4 Å². The summed E-state index contributed by atoms with van der Waals surface area (Å²) in [6.07, 6.45) is 7.37. The number of benzene rings is 1. The van der Waals surface area contributed by atoms with E-state index in [1.165, 1.54) is 31.7 Å². The number of halogens is 2. The maximum atomic E-state index is 13.5. The zero-order valence-electron chi connectivity index (χ0n) is 13.2. The third-order valence-corrected chi connectivity index (χ3v) is 4.56. The van der Waals surface area contributed by atoms with Crippen LogP contribution >= 0.6 is 0 Å². The average Bonchev–Trinajstić information content (AvgIpc) is 2.93. The summed E-state index contributed by atoms with van der Waals surface area (Å²) in [7, 11) is 0. The Morgan fingerprint density at radius 3 is 2.91 bits per heavy atom. The molecule has 1 saturated carbocycles. The van der Waals surface area contributed by atoms with E-state index in [1.807, 2.05) is 0 Å². The number of carbonyl (C=O) groups is 1. The number of amides is 1. The Hall–Kier alpha value is -1.45. The third kappa shape index (κ3) is 4.79. The molecule has 22 heavy (non-hydrogen) atoms. The molecule has 0 heterocycles. The molecule has 0 aliphatic heterocycles. The summed E-state index contributed by atoms with van der Waals surface area (Å²) in [6, 6.07) is 3.63. The van der Waals surface area contributed by atoms with Crippen LogP contribution in [0.3, 0.4) is 0 Å². The first kappa shape index (κ1) is 16.9. The SMILES string of the molecule is CCCCC1CCCC1NC(=O)CCc1cc(F)ccc1F. The second-order valence-electron chi connectivity index (χ2n) is 6.24. The van der Waals surface area contributed by atoms with Gasteiger partial charge in [-0.1, -0.05) is 26.2 Å². The van der Waals surface area contributed by atoms with Gasteiger partial charge in [0, 0.05) is 12.5 Å². The molecule has 0 saturated heterocycles.